The number of aromatic nitrogens is 1. The second-order valence-corrected chi connectivity index (χ2v) is 6.90. The van der Waals surface area contributed by atoms with Crippen molar-refractivity contribution in [2.24, 2.45) is 0 Å². The van der Waals surface area contributed by atoms with Gasteiger partial charge in [-0.05, 0) is 41.5 Å². The van der Waals surface area contributed by atoms with Crippen LogP contribution in [-0.2, 0) is 13.1 Å². The number of hydrogen-bond acceptors (Lipinski definition) is 2. The van der Waals surface area contributed by atoms with E-state index >= 15 is 0 Å². The van der Waals surface area contributed by atoms with Gasteiger partial charge in [-0.15, -0.1) is 0 Å². The van der Waals surface area contributed by atoms with Gasteiger partial charge in [0, 0.05) is 19.3 Å². The first-order chi connectivity index (χ1) is 12.4. The Kier molecular flexibility index (Phi) is 4.78. The first-order valence-electron chi connectivity index (χ1n) is 9.17. The van der Waals surface area contributed by atoms with Crippen molar-refractivity contribution in [2.45, 2.75) is 38.3 Å². The Morgan fingerprint density at radius 2 is 1.36 bits per heavy atom. The van der Waals surface area contributed by atoms with Gasteiger partial charge in [-0.3, -0.25) is 0 Å². The Morgan fingerprint density at radius 3 is 1.80 bits per heavy atom. The molecule has 25 heavy (non-hydrogen) atoms. The van der Waals surface area contributed by atoms with Gasteiger partial charge in [0.2, 0.25) is 0 Å². The number of rotatable bonds is 6. The molecule has 1 aliphatic carbocycles. The van der Waals surface area contributed by atoms with Crippen LogP contribution in [0.5, 0.6) is 0 Å². The van der Waals surface area contributed by atoms with Crippen LogP contribution in [0, 0.1) is 0 Å². The van der Waals surface area contributed by atoms with E-state index in [4.69, 9.17) is 4.98 Å². The highest BCUT2D eigenvalue weighted by molar-refractivity contribution is 5.42. The Bertz CT molecular complexity index is 736. The van der Waals surface area contributed by atoms with E-state index in [1.807, 2.05) is 0 Å². The average molecular weight is 328 g/mol. The molecular formula is C23H24N2. The molecule has 1 aliphatic rings. The molecule has 0 bridgehead atoms. The van der Waals surface area contributed by atoms with E-state index in [1.54, 1.807) is 0 Å². The Morgan fingerprint density at radius 1 is 0.760 bits per heavy atom. The van der Waals surface area contributed by atoms with Crippen LogP contribution < -0.4 is 4.90 Å². The van der Waals surface area contributed by atoms with Crippen molar-refractivity contribution in [1.29, 1.82) is 0 Å². The Hall–Kier alpha value is -2.61. The highest BCUT2D eigenvalue weighted by Crippen LogP contribution is 2.36. The largest absolute Gasteiger partial charge is 0.348 e. The van der Waals surface area contributed by atoms with Gasteiger partial charge < -0.3 is 4.90 Å². The molecule has 0 atom stereocenters. The highest BCUT2D eigenvalue weighted by atomic mass is 15.2. The van der Waals surface area contributed by atoms with E-state index in [-0.39, 0.29) is 0 Å². The van der Waals surface area contributed by atoms with E-state index in [2.05, 4.69) is 83.9 Å². The molecule has 0 unspecified atom stereocenters. The van der Waals surface area contributed by atoms with Crippen molar-refractivity contribution in [3.63, 3.8) is 0 Å². The SMILES string of the molecule is c1ccc(CN(Cc2ccccc2)c2ccc(C3CCC3)cn2)cc1. The molecule has 0 radical (unpaired) electrons. The van der Waals surface area contributed by atoms with Crippen LogP contribution in [-0.4, -0.2) is 4.98 Å². The summed E-state index contributed by atoms with van der Waals surface area (Å²) >= 11 is 0. The number of anilines is 1. The average Bonchev–Trinajstić information content (AvgIpc) is 2.62. The minimum Gasteiger partial charge on any atom is -0.348 e. The third-order valence-electron chi connectivity index (χ3n) is 5.10. The zero-order valence-corrected chi connectivity index (χ0v) is 14.5. The minimum atomic E-state index is 0.734. The van der Waals surface area contributed by atoms with Gasteiger partial charge in [0.25, 0.3) is 0 Å². The molecule has 126 valence electrons. The third-order valence-corrected chi connectivity index (χ3v) is 5.10. The summed E-state index contributed by atoms with van der Waals surface area (Å²) in [6, 6.07) is 25.7. The van der Waals surface area contributed by atoms with Gasteiger partial charge in [-0.1, -0.05) is 73.2 Å². The van der Waals surface area contributed by atoms with Gasteiger partial charge in [-0.25, -0.2) is 4.98 Å². The van der Waals surface area contributed by atoms with Crippen molar-refractivity contribution >= 4 is 5.82 Å². The zero-order chi connectivity index (χ0) is 16.9. The van der Waals surface area contributed by atoms with Gasteiger partial charge >= 0.3 is 0 Å². The summed E-state index contributed by atoms with van der Waals surface area (Å²) in [5.41, 5.74) is 4.01. The lowest BCUT2D eigenvalue weighted by Crippen LogP contribution is -2.23. The Labute approximate surface area is 150 Å². The lowest BCUT2D eigenvalue weighted by atomic mass is 9.81. The molecule has 0 N–H and O–H groups in total. The van der Waals surface area contributed by atoms with Gasteiger partial charge in [0.1, 0.15) is 5.82 Å². The van der Waals surface area contributed by atoms with Crippen LogP contribution in [0.4, 0.5) is 5.82 Å². The normalized spacial score (nSPS) is 14.1. The molecule has 1 fully saturated rings. The molecule has 2 aromatic carbocycles. The fourth-order valence-electron chi connectivity index (χ4n) is 3.39. The summed E-state index contributed by atoms with van der Waals surface area (Å²) in [4.78, 5) is 7.16. The fourth-order valence-corrected chi connectivity index (χ4v) is 3.39. The molecule has 2 heteroatoms. The second-order valence-electron chi connectivity index (χ2n) is 6.90. The predicted octanol–water partition coefficient (Wildman–Crippen LogP) is 5.56. The molecule has 0 spiro atoms. The molecule has 0 aliphatic heterocycles. The number of hydrogen-bond donors (Lipinski definition) is 0. The van der Waals surface area contributed by atoms with Crippen LogP contribution in [0.25, 0.3) is 0 Å². The lowest BCUT2D eigenvalue weighted by molar-refractivity contribution is 0.419. The molecular weight excluding hydrogens is 304 g/mol. The van der Waals surface area contributed by atoms with Crippen LogP contribution in [0.15, 0.2) is 79.0 Å². The minimum absolute atomic E-state index is 0.734. The topological polar surface area (TPSA) is 16.1 Å². The van der Waals surface area contributed by atoms with Gasteiger partial charge in [0.15, 0.2) is 0 Å². The summed E-state index contributed by atoms with van der Waals surface area (Å²) < 4.78 is 0. The summed E-state index contributed by atoms with van der Waals surface area (Å²) in [6.45, 7) is 1.73. The molecule has 1 aromatic heterocycles. The number of nitrogens with zero attached hydrogens (tertiary/aromatic N) is 2. The summed E-state index contributed by atoms with van der Waals surface area (Å²) in [5, 5.41) is 0. The zero-order valence-electron chi connectivity index (χ0n) is 14.5. The smallest absolute Gasteiger partial charge is 0.129 e. The second kappa shape index (κ2) is 7.52. The van der Waals surface area contributed by atoms with E-state index in [0.717, 1.165) is 24.8 Å². The van der Waals surface area contributed by atoms with Crippen LogP contribution >= 0.6 is 0 Å². The summed E-state index contributed by atoms with van der Waals surface area (Å²) in [5.74, 6) is 1.79. The fraction of sp³-hybridized carbons (Fsp3) is 0.261. The van der Waals surface area contributed by atoms with Crippen molar-refractivity contribution in [2.75, 3.05) is 4.90 Å². The quantitative estimate of drug-likeness (QED) is 0.589. The maximum atomic E-state index is 4.80. The lowest BCUT2D eigenvalue weighted by Gasteiger charge is -2.27. The van der Waals surface area contributed by atoms with E-state index in [0.29, 0.717) is 0 Å². The van der Waals surface area contributed by atoms with Gasteiger partial charge in [0.05, 0.1) is 0 Å². The van der Waals surface area contributed by atoms with E-state index in [1.165, 1.54) is 36.0 Å². The van der Waals surface area contributed by atoms with Crippen molar-refractivity contribution < 1.29 is 0 Å². The number of benzene rings is 2. The first-order valence-corrected chi connectivity index (χ1v) is 9.17. The highest BCUT2D eigenvalue weighted by Gasteiger charge is 2.20. The molecule has 2 nitrogen and oxygen atoms in total. The first kappa shape index (κ1) is 15.9. The van der Waals surface area contributed by atoms with Crippen LogP contribution in [0.1, 0.15) is 41.9 Å². The van der Waals surface area contributed by atoms with Gasteiger partial charge in [-0.2, -0.15) is 0 Å². The van der Waals surface area contributed by atoms with Crippen LogP contribution in [0.2, 0.25) is 0 Å². The third kappa shape index (κ3) is 3.90. The summed E-state index contributed by atoms with van der Waals surface area (Å²) in [7, 11) is 0. The maximum absolute atomic E-state index is 4.80. The van der Waals surface area contributed by atoms with E-state index < -0.39 is 0 Å². The standard InChI is InChI=1S/C23H24N2/c1-3-8-19(9-4-1)17-25(18-20-10-5-2-6-11-20)23-15-14-22(16-24-23)21-12-7-13-21/h1-6,8-11,14-16,21H,7,12-13,17-18H2. The molecule has 4 rings (SSSR count). The van der Waals surface area contributed by atoms with Crippen molar-refractivity contribution in [1.82, 2.24) is 4.98 Å². The monoisotopic (exact) mass is 328 g/mol. The summed E-state index contributed by atoms with van der Waals surface area (Å²) in [6.07, 6.45) is 6.08. The van der Waals surface area contributed by atoms with E-state index in [9.17, 15) is 0 Å². The Balaban J connectivity index is 1.57. The molecule has 1 heterocycles. The molecule has 0 saturated heterocycles. The molecule has 1 saturated carbocycles. The predicted molar refractivity (Wildman–Crippen MR) is 104 cm³/mol. The number of pyridine rings is 1. The van der Waals surface area contributed by atoms with Crippen molar-refractivity contribution in [3.05, 3.63) is 95.7 Å². The molecule has 3 aromatic rings. The van der Waals surface area contributed by atoms with Crippen LogP contribution in [0.3, 0.4) is 0 Å². The molecule has 0 amide bonds. The van der Waals surface area contributed by atoms with Crippen molar-refractivity contribution in [3.8, 4) is 0 Å². The maximum Gasteiger partial charge on any atom is 0.129 e.